The molecule has 0 saturated heterocycles. The minimum atomic E-state index is -0.494. The van der Waals surface area contributed by atoms with Crippen LogP contribution in [0.4, 0.5) is 5.00 Å². The van der Waals surface area contributed by atoms with Crippen molar-refractivity contribution >= 4 is 63.3 Å². The average Bonchev–Trinajstić information content (AvgIpc) is 3.60. The third kappa shape index (κ3) is 7.20. The molecule has 0 aliphatic carbocycles. The number of carbonyl (C=O) groups is 2. The van der Waals surface area contributed by atoms with E-state index in [1.165, 1.54) is 23.1 Å². The van der Waals surface area contributed by atoms with Gasteiger partial charge in [-0.05, 0) is 48.9 Å². The van der Waals surface area contributed by atoms with Crippen molar-refractivity contribution in [3.8, 4) is 16.8 Å². The topological polar surface area (TPSA) is 86.1 Å². The molecule has 0 radical (unpaired) electrons. The van der Waals surface area contributed by atoms with Crippen molar-refractivity contribution in [1.82, 2.24) is 14.8 Å². The molecule has 208 valence electrons. The number of ether oxygens (including phenoxy) is 1. The Hall–Kier alpha value is -3.57. The molecule has 3 aromatic carbocycles. The Bertz CT molecular complexity index is 1620. The maximum Gasteiger partial charge on any atom is 0.341 e. The minimum absolute atomic E-state index is 0.0766. The van der Waals surface area contributed by atoms with Crippen LogP contribution in [0.5, 0.6) is 0 Å². The van der Waals surface area contributed by atoms with Gasteiger partial charge < -0.3 is 10.1 Å². The van der Waals surface area contributed by atoms with Gasteiger partial charge in [0, 0.05) is 26.5 Å². The molecule has 2 heterocycles. The number of hydrogen-bond donors (Lipinski definition) is 1. The van der Waals surface area contributed by atoms with Gasteiger partial charge in [-0.15, -0.1) is 33.3 Å². The Kier molecular flexibility index (Phi) is 9.79. The lowest BCUT2D eigenvalue weighted by atomic mass is 10.0. The minimum Gasteiger partial charge on any atom is -0.462 e. The number of nitrogens with one attached hydrogen (secondary N) is 1. The molecule has 0 bridgehead atoms. The summed E-state index contributed by atoms with van der Waals surface area (Å²) in [5.41, 5.74) is 2.72. The lowest BCUT2D eigenvalue weighted by Gasteiger charge is -2.11. The van der Waals surface area contributed by atoms with E-state index in [-0.39, 0.29) is 18.3 Å². The second kappa shape index (κ2) is 13.9. The van der Waals surface area contributed by atoms with Gasteiger partial charge in [0.15, 0.2) is 5.16 Å². The lowest BCUT2D eigenvalue weighted by Crippen LogP contribution is -2.17. The standard InChI is InChI=1S/C30H25ClN4O3S3/c1-2-38-29(37)27-24(20-13-15-21(31)16-14-20)17-40-28(27)32-26(36)19-41-30-34-33-25(18-39-23-11-7-4-8-12-23)35(30)22-9-5-3-6-10-22/h3-17H,2,18-19H2,1H3,(H,32,36). The van der Waals surface area contributed by atoms with E-state index >= 15 is 0 Å². The highest BCUT2D eigenvalue weighted by atomic mass is 35.5. The van der Waals surface area contributed by atoms with Crippen molar-refractivity contribution in [1.29, 1.82) is 0 Å². The quantitative estimate of drug-likeness (QED) is 0.119. The number of para-hydroxylation sites is 1. The summed E-state index contributed by atoms with van der Waals surface area (Å²) < 4.78 is 7.28. The van der Waals surface area contributed by atoms with Crippen LogP contribution in [0.1, 0.15) is 23.1 Å². The van der Waals surface area contributed by atoms with Gasteiger partial charge in [0.1, 0.15) is 16.4 Å². The van der Waals surface area contributed by atoms with E-state index in [9.17, 15) is 9.59 Å². The predicted octanol–water partition coefficient (Wildman–Crippen LogP) is 7.85. The summed E-state index contributed by atoms with van der Waals surface area (Å²) in [5.74, 6) is 0.708. The van der Waals surface area contributed by atoms with Crippen LogP contribution in [0.15, 0.2) is 100 Å². The van der Waals surface area contributed by atoms with Gasteiger partial charge in [-0.2, -0.15) is 0 Å². The normalized spacial score (nSPS) is 10.9. The summed E-state index contributed by atoms with van der Waals surface area (Å²) >= 11 is 10.3. The maximum atomic E-state index is 13.1. The van der Waals surface area contributed by atoms with Crippen LogP contribution in [0.25, 0.3) is 16.8 Å². The van der Waals surface area contributed by atoms with E-state index in [4.69, 9.17) is 16.3 Å². The zero-order chi connectivity index (χ0) is 28.6. The number of rotatable bonds is 11. The number of thioether (sulfide) groups is 2. The van der Waals surface area contributed by atoms with E-state index in [2.05, 4.69) is 27.6 Å². The Morgan fingerprint density at radius 2 is 1.66 bits per heavy atom. The Labute approximate surface area is 255 Å². The van der Waals surface area contributed by atoms with Gasteiger partial charge in [0.2, 0.25) is 5.91 Å². The molecule has 0 aliphatic rings. The smallest absolute Gasteiger partial charge is 0.341 e. The zero-order valence-corrected chi connectivity index (χ0v) is 25.2. The number of anilines is 1. The number of halogens is 1. The molecule has 0 spiro atoms. The molecule has 11 heteroatoms. The SMILES string of the molecule is CCOC(=O)c1c(-c2ccc(Cl)cc2)csc1NC(=O)CSc1nnc(CSc2ccccc2)n1-c1ccccc1. The molecule has 0 saturated carbocycles. The first-order chi connectivity index (χ1) is 20.0. The number of carbonyl (C=O) groups excluding carboxylic acids is 2. The van der Waals surface area contributed by atoms with Gasteiger partial charge in [-0.25, -0.2) is 4.79 Å². The summed E-state index contributed by atoms with van der Waals surface area (Å²) in [5, 5.41) is 15.2. The van der Waals surface area contributed by atoms with Crippen molar-refractivity contribution < 1.29 is 14.3 Å². The van der Waals surface area contributed by atoms with Gasteiger partial charge in [-0.3, -0.25) is 9.36 Å². The van der Waals surface area contributed by atoms with E-state index in [1.807, 2.05) is 70.6 Å². The van der Waals surface area contributed by atoms with Gasteiger partial charge in [0.05, 0.1) is 18.1 Å². The number of benzene rings is 3. The van der Waals surface area contributed by atoms with Crippen LogP contribution in [0.2, 0.25) is 5.02 Å². The fourth-order valence-corrected chi connectivity index (χ4v) is 6.68. The molecular formula is C30H25ClN4O3S3. The summed E-state index contributed by atoms with van der Waals surface area (Å²) in [6.07, 6.45) is 0. The van der Waals surface area contributed by atoms with Crippen LogP contribution in [0.3, 0.4) is 0 Å². The molecule has 1 amide bonds. The van der Waals surface area contributed by atoms with Crippen LogP contribution < -0.4 is 5.32 Å². The number of amides is 1. The molecule has 0 aliphatic heterocycles. The van der Waals surface area contributed by atoms with Crippen LogP contribution >= 0.6 is 46.5 Å². The molecule has 5 aromatic rings. The summed E-state index contributed by atoms with van der Waals surface area (Å²) in [7, 11) is 0. The van der Waals surface area contributed by atoms with E-state index in [1.54, 1.807) is 30.8 Å². The predicted molar refractivity (Wildman–Crippen MR) is 167 cm³/mol. The molecule has 7 nitrogen and oxygen atoms in total. The lowest BCUT2D eigenvalue weighted by molar-refractivity contribution is -0.113. The second-order valence-electron chi connectivity index (χ2n) is 8.59. The van der Waals surface area contributed by atoms with Crippen LogP contribution in [-0.4, -0.2) is 39.0 Å². The third-order valence-electron chi connectivity index (χ3n) is 5.84. The van der Waals surface area contributed by atoms with Gasteiger partial charge in [-0.1, -0.05) is 71.9 Å². The molecule has 0 unspecified atom stereocenters. The number of aromatic nitrogens is 3. The number of esters is 1. The highest BCUT2D eigenvalue weighted by Gasteiger charge is 2.23. The highest BCUT2D eigenvalue weighted by Crippen LogP contribution is 2.37. The van der Waals surface area contributed by atoms with Crippen LogP contribution in [0, 0.1) is 0 Å². The Morgan fingerprint density at radius 3 is 2.37 bits per heavy atom. The van der Waals surface area contributed by atoms with E-state index in [0.29, 0.717) is 32.1 Å². The Balaban J connectivity index is 1.33. The third-order valence-corrected chi connectivity index (χ3v) is 8.92. The number of thiophene rings is 1. The van der Waals surface area contributed by atoms with E-state index < -0.39 is 5.97 Å². The average molecular weight is 621 g/mol. The van der Waals surface area contributed by atoms with Crippen molar-refractivity contribution in [2.45, 2.75) is 22.7 Å². The Morgan fingerprint density at radius 1 is 0.951 bits per heavy atom. The number of nitrogens with zero attached hydrogens (tertiary/aromatic N) is 3. The maximum absolute atomic E-state index is 13.1. The largest absolute Gasteiger partial charge is 0.462 e. The van der Waals surface area contributed by atoms with Crippen molar-refractivity contribution in [2.24, 2.45) is 0 Å². The van der Waals surface area contributed by atoms with E-state index in [0.717, 1.165) is 22.0 Å². The fraction of sp³-hybridized carbons (Fsp3) is 0.133. The highest BCUT2D eigenvalue weighted by molar-refractivity contribution is 7.99. The summed E-state index contributed by atoms with van der Waals surface area (Å²) in [4.78, 5) is 27.1. The molecule has 5 rings (SSSR count). The summed E-state index contributed by atoms with van der Waals surface area (Å²) in [6.45, 7) is 1.97. The van der Waals surface area contributed by atoms with Gasteiger partial charge in [0.25, 0.3) is 0 Å². The first-order valence-corrected chi connectivity index (χ1v) is 15.9. The van der Waals surface area contributed by atoms with Crippen LogP contribution in [-0.2, 0) is 15.3 Å². The molecule has 2 aromatic heterocycles. The second-order valence-corrected chi connectivity index (χ2v) is 11.9. The number of hydrogen-bond acceptors (Lipinski definition) is 8. The van der Waals surface area contributed by atoms with Gasteiger partial charge >= 0.3 is 5.97 Å². The van der Waals surface area contributed by atoms with Crippen molar-refractivity contribution in [3.63, 3.8) is 0 Å². The van der Waals surface area contributed by atoms with Crippen molar-refractivity contribution in [2.75, 3.05) is 17.7 Å². The molecule has 41 heavy (non-hydrogen) atoms. The molecule has 0 fully saturated rings. The molecule has 1 N–H and O–H groups in total. The fourth-order valence-electron chi connectivity index (χ4n) is 3.98. The molecule has 0 atom stereocenters. The van der Waals surface area contributed by atoms with Crippen molar-refractivity contribution in [3.05, 3.63) is 107 Å². The summed E-state index contributed by atoms with van der Waals surface area (Å²) in [6, 6.07) is 27.1. The molecular weight excluding hydrogens is 596 g/mol. The first kappa shape index (κ1) is 28.9. The first-order valence-electron chi connectivity index (χ1n) is 12.7. The zero-order valence-electron chi connectivity index (χ0n) is 22.0. The monoisotopic (exact) mass is 620 g/mol.